The molecule has 3 aliphatic heterocycles. The second-order valence-corrected chi connectivity index (χ2v) is 13.1. The molecule has 0 radical (unpaired) electrons. The number of ether oxygens (including phenoxy) is 9. The van der Waals surface area contributed by atoms with Crippen molar-refractivity contribution >= 4 is 18.0 Å². The molecule has 11 nitrogen and oxygen atoms in total. The van der Waals surface area contributed by atoms with E-state index in [0.29, 0.717) is 29.9 Å². The maximum atomic E-state index is 13.8. The molecule has 2 fully saturated rings. The second kappa shape index (κ2) is 15.2. The minimum Gasteiger partial charge on any atom is -0.491 e. The van der Waals surface area contributed by atoms with Crippen LogP contribution in [0.25, 0.3) is 6.08 Å². The van der Waals surface area contributed by atoms with Crippen LogP contribution in [0, 0.1) is 5.92 Å². The van der Waals surface area contributed by atoms with Gasteiger partial charge in [0.1, 0.15) is 48.1 Å². The number of methoxy groups -OCH3 is 1. The summed E-state index contributed by atoms with van der Waals surface area (Å²) in [6.07, 6.45) is 5.02. The van der Waals surface area contributed by atoms with E-state index >= 15 is 0 Å². The van der Waals surface area contributed by atoms with E-state index in [9.17, 15) is 9.59 Å². The predicted molar refractivity (Wildman–Crippen MR) is 176 cm³/mol. The van der Waals surface area contributed by atoms with Crippen LogP contribution in [0.15, 0.2) is 60.7 Å². The molecule has 6 atom stereocenters. The van der Waals surface area contributed by atoms with Crippen LogP contribution in [0.1, 0.15) is 74.2 Å². The van der Waals surface area contributed by atoms with Crippen LogP contribution in [0.5, 0.6) is 11.5 Å². The summed E-state index contributed by atoms with van der Waals surface area (Å²) in [6.45, 7) is 11.6. The Balaban J connectivity index is 1.49. The van der Waals surface area contributed by atoms with Gasteiger partial charge in [-0.1, -0.05) is 43.4 Å². The SMILES string of the molecule is COCOc1cc(OCC2COC(C)(C)O2)cc2c1C(=O)OC(C)[C@H](C)/C=C\C(OC(=O)c1ccccc1)C1OC(C)(C)OC1C/C=C/2. The number of hydrogen-bond donors (Lipinski definition) is 0. The zero-order chi connectivity index (χ0) is 34.5. The van der Waals surface area contributed by atoms with Crippen molar-refractivity contribution < 1.29 is 52.2 Å². The van der Waals surface area contributed by atoms with Gasteiger partial charge in [-0.15, -0.1) is 0 Å². The highest BCUT2D eigenvalue weighted by Crippen LogP contribution is 2.36. The van der Waals surface area contributed by atoms with E-state index in [2.05, 4.69) is 0 Å². The van der Waals surface area contributed by atoms with Gasteiger partial charge in [0.05, 0.1) is 18.3 Å². The lowest BCUT2D eigenvalue weighted by Crippen LogP contribution is -2.37. The maximum Gasteiger partial charge on any atom is 0.342 e. The van der Waals surface area contributed by atoms with Gasteiger partial charge in [0, 0.05) is 19.1 Å². The summed E-state index contributed by atoms with van der Waals surface area (Å²) in [7, 11) is 1.50. The van der Waals surface area contributed by atoms with E-state index in [0.717, 1.165) is 0 Å². The average molecular weight is 667 g/mol. The Morgan fingerprint density at radius 1 is 0.958 bits per heavy atom. The molecule has 0 aromatic heterocycles. The quantitative estimate of drug-likeness (QED) is 0.185. The van der Waals surface area contributed by atoms with Crippen LogP contribution in [0.2, 0.25) is 0 Å². The van der Waals surface area contributed by atoms with Crippen molar-refractivity contribution in [2.24, 2.45) is 5.92 Å². The van der Waals surface area contributed by atoms with Crippen LogP contribution in [0.4, 0.5) is 0 Å². The smallest absolute Gasteiger partial charge is 0.342 e. The van der Waals surface area contributed by atoms with Gasteiger partial charge in [-0.3, -0.25) is 0 Å². The first kappa shape index (κ1) is 35.6. The highest BCUT2D eigenvalue weighted by atomic mass is 16.8. The fraction of sp³-hybridized carbons (Fsp3) is 0.514. The van der Waals surface area contributed by atoms with Crippen molar-refractivity contribution in [3.05, 3.63) is 77.4 Å². The van der Waals surface area contributed by atoms with Crippen LogP contribution >= 0.6 is 0 Å². The Labute approximate surface area is 282 Å². The second-order valence-electron chi connectivity index (χ2n) is 13.1. The van der Waals surface area contributed by atoms with Crippen LogP contribution in [-0.4, -0.2) is 81.1 Å². The Bertz CT molecular complexity index is 1480. The Morgan fingerprint density at radius 3 is 2.44 bits per heavy atom. The minimum atomic E-state index is -0.930. The summed E-state index contributed by atoms with van der Waals surface area (Å²) < 4.78 is 53.4. The van der Waals surface area contributed by atoms with E-state index in [1.807, 2.05) is 52.8 Å². The summed E-state index contributed by atoms with van der Waals surface area (Å²) in [6, 6.07) is 12.2. The van der Waals surface area contributed by atoms with Gasteiger partial charge in [0.15, 0.2) is 18.4 Å². The van der Waals surface area contributed by atoms with Crippen LogP contribution < -0.4 is 9.47 Å². The third-order valence-corrected chi connectivity index (χ3v) is 8.25. The van der Waals surface area contributed by atoms with Crippen molar-refractivity contribution in [1.29, 1.82) is 0 Å². The first-order valence-corrected chi connectivity index (χ1v) is 16.3. The summed E-state index contributed by atoms with van der Waals surface area (Å²) in [5, 5.41) is 0. The molecular weight excluding hydrogens is 620 g/mol. The molecule has 260 valence electrons. The number of cyclic esters (lactones) is 1. The number of carbonyl (C=O) groups is 2. The zero-order valence-electron chi connectivity index (χ0n) is 28.6. The molecule has 2 saturated heterocycles. The molecule has 0 N–H and O–H groups in total. The molecule has 3 aliphatic rings. The molecule has 0 spiro atoms. The fourth-order valence-electron chi connectivity index (χ4n) is 5.73. The molecule has 2 aromatic rings. The van der Waals surface area contributed by atoms with E-state index in [1.54, 1.807) is 55.5 Å². The van der Waals surface area contributed by atoms with Gasteiger partial charge in [0.25, 0.3) is 0 Å². The topological polar surface area (TPSA) is 117 Å². The molecule has 2 aromatic carbocycles. The summed E-state index contributed by atoms with van der Waals surface area (Å²) in [5.41, 5.74) is 1.17. The van der Waals surface area contributed by atoms with Gasteiger partial charge < -0.3 is 42.6 Å². The van der Waals surface area contributed by atoms with E-state index in [4.69, 9.17) is 42.6 Å². The zero-order valence-corrected chi connectivity index (χ0v) is 28.6. The monoisotopic (exact) mass is 666 g/mol. The third-order valence-electron chi connectivity index (χ3n) is 8.25. The number of fused-ring (bicyclic) bond motifs is 2. The van der Waals surface area contributed by atoms with Crippen molar-refractivity contribution in [2.45, 2.75) is 90.1 Å². The van der Waals surface area contributed by atoms with Crippen LogP contribution in [0.3, 0.4) is 0 Å². The number of hydrogen-bond acceptors (Lipinski definition) is 11. The summed E-state index contributed by atoms with van der Waals surface area (Å²) >= 11 is 0. The summed E-state index contributed by atoms with van der Waals surface area (Å²) in [4.78, 5) is 27.0. The number of esters is 2. The molecular formula is C37H46O11. The lowest BCUT2D eigenvalue weighted by Gasteiger charge is -2.26. The Kier molecular flexibility index (Phi) is 11.3. The average Bonchev–Trinajstić information content (AvgIpc) is 3.56. The molecule has 0 aliphatic carbocycles. The van der Waals surface area contributed by atoms with Crippen molar-refractivity contribution in [1.82, 2.24) is 0 Å². The molecule has 0 bridgehead atoms. The number of carbonyl (C=O) groups excluding carboxylic acids is 2. The number of rotatable bonds is 8. The molecule has 5 rings (SSSR count). The van der Waals surface area contributed by atoms with Gasteiger partial charge >= 0.3 is 11.9 Å². The van der Waals surface area contributed by atoms with Gasteiger partial charge in [-0.2, -0.15) is 0 Å². The van der Waals surface area contributed by atoms with Gasteiger partial charge in [0.2, 0.25) is 0 Å². The standard InChI is InChI=1S/C37H46O11/c1-23-16-17-29(45-34(38)25-12-9-8-10-13-25)33-30(47-37(5,6)48-33)15-11-14-26-18-27(41-20-28-21-43-36(3,4)46-28)19-31(42-22-40-7)32(26)35(39)44-24(23)2/h8-14,16-19,23-24,28-30,33H,15,20-22H2,1-7H3/b14-11+,17-16-/t23-,24?,28?,29?,30?,33?/m1/s1. The maximum absolute atomic E-state index is 13.8. The van der Waals surface area contributed by atoms with E-state index < -0.39 is 47.9 Å². The van der Waals surface area contributed by atoms with Crippen molar-refractivity contribution in [3.63, 3.8) is 0 Å². The van der Waals surface area contributed by atoms with Crippen molar-refractivity contribution in [2.75, 3.05) is 27.1 Å². The molecule has 11 heteroatoms. The molecule has 3 heterocycles. The van der Waals surface area contributed by atoms with Gasteiger partial charge in [-0.25, -0.2) is 9.59 Å². The molecule has 5 unspecified atom stereocenters. The number of benzene rings is 2. The summed E-state index contributed by atoms with van der Waals surface area (Å²) in [5.74, 6) is -2.22. The minimum absolute atomic E-state index is 0.0948. The highest BCUT2D eigenvalue weighted by molar-refractivity contribution is 5.97. The van der Waals surface area contributed by atoms with E-state index in [-0.39, 0.29) is 36.7 Å². The van der Waals surface area contributed by atoms with Crippen molar-refractivity contribution in [3.8, 4) is 11.5 Å². The fourth-order valence-corrected chi connectivity index (χ4v) is 5.73. The lowest BCUT2D eigenvalue weighted by atomic mass is 9.98. The molecule has 0 saturated carbocycles. The Hall–Kier alpha value is -3.74. The lowest BCUT2D eigenvalue weighted by molar-refractivity contribution is -0.152. The Morgan fingerprint density at radius 2 is 1.73 bits per heavy atom. The molecule has 0 amide bonds. The molecule has 48 heavy (non-hydrogen) atoms. The predicted octanol–water partition coefficient (Wildman–Crippen LogP) is 6.10. The highest BCUT2D eigenvalue weighted by Gasteiger charge is 2.45. The first-order valence-electron chi connectivity index (χ1n) is 16.3. The first-order chi connectivity index (χ1) is 22.8. The normalized spacial score (nSPS) is 29.4. The largest absolute Gasteiger partial charge is 0.491 e. The van der Waals surface area contributed by atoms with Crippen LogP contribution in [-0.2, 0) is 33.2 Å². The third kappa shape index (κ3) is 9.03. The van der Waals surface area contributed by atoms with E-state index in [1.165, 1.54) is 7.11 Å². The van der Waals surface area contributed by atoms with Gasteiger partial charge in [-0.05, 0) is 70.9 Å².